The van der Waals surface area contributed by atoms with Crippen molar-refractivity contribution >= 4 is 23.0 Å². The molecule has 18 heavy (non-hydrogen) atoms. The summed E-state index contributed by atoms with van der Waals surface area (Å²) in [7, 11) is 0. The Balaban J connectivity index is 2.07. The summed E-state index contributed by atoms with van der Waals surface area (Å²) in [5.74, 6) is -0.902. The molecule has 1 aromatic heterocycles. The van der Waals surface area contributed by atoms with E-state index in [9.17, 15) is 4.79 Å². The van der Waals surface area contributed by atoms with Crippen LogP contribution in [0.5, 0.6) is 0 Å². The van der Waals surface area contributed by atoms with Crippen LogP contribution >= 0.6 is 11.3 Å². The normalized spacial score (nSPS) is 12.1. The molecule has 2 N–H and O–H groups in total. The van der Waals surface area contributed by atoms with E-state index in [2.05, 4.69) is 23.7 Å². The maximum Gasteiger partial charge on any atom is 0.337 e. The summed E-state index contributed by atoms with van der Waals surface area (Å²) in [6.07, 6.45) is 0.886. The zero-order valence-corrected chi connectivity index (χ0v) is 10.9. The minimum atomic E-state index is -0.902. The molecule has 3 nitrogen and oxygen atoms in total. The van der Waals surface area contributed by atoms with Gasteiger partial charge < -0.3 is 10.4 Å². The number of aromatic carboxylic acids is 1. The number of para-hydroxylation sites is 1. The second-order valence-corrected chi connectivity index (χ2v) is 5.01. The average Bonchev–Trinajstić information content (AvgIpc) is 2.82. The lowest BCUT2D eigenvalue weighted by molar-refractivity contribution is 0.0698. The Bertz CT molecular complexity index is 522. The second kappa shape index (κ2) is 5.69. The summed E-state index contributed by atoms with van der Waals surface area (Å²) in [5, 5.41) is 16.5. The molecule has 0 fully saturated rings. The van der Waals surface area contributed by atoms with Gasteiger partial charge in [0.2, 0.25) is 0 Å². The highest BCUT2D eigenvalue weighted by atomic mass is 32.1. The Morgan fingerprint density at radius 3 is 2.83 bits per heavy atom. The minimum absolute atomic E-state index is 0.195. The molecule has 0 saturated heterocycles. The van der Waals surface area contributed by atoms with E-state index in [0.29, 0.717) is 11.3 Å². The molecule has 0 amide bonds. The van der Waals surface area contributed by atoms with Gasteiger partial charge in [-0.15, -0.1) is 0 Å². The van der Waals surface area contributed by atoms with E-state index in [0.717, 1.165) is 6.42 Å². The van der Waals surface area contributed by atoms with Crippen molar-refractivity contribution in [1.29, 1.82) is 0 Å². The predicted molar refractivity (Wildman–Crippen MR) is 74.5 cm³/mol. The van der Waals surface area contributed by atoms with Gasteiger partial charge in [0.15, 0.2) is 0 Å². The molecule has 4 heteroatoms. The summed E-state index contributed by atoms with van der Waals surface area (Å²) >= 11 is 1.67. The topological polar surface area (TPSA) is 49.3 Å². The predicted octanol–water partition coefficient (Wildman–Crippen LogP) is 3.49. The molecule has 2 aromatic rings. The van der Waals surface area contributed by atoms with Gasteiger partial charge in [0.1, 0.15) is 0 Å². The third-order valence-corrected chi connectivity index (χ3v) is 3.41. The van der Waals surface area contributed by atoms with Crippen LogP contribution in [0.2, 0.25) is 0 Å². The first kappa shape index (κ1) is 12.6. The zero-order valence-electron chi connectivity index (χ0n) is 10.1. The number of carbonyl (C=O) groups is 1. The fourth-order valence-corrected chi connectivity index (χ4v) is 2.56. The van der Waals surface area contributed by atoms with Crippen molar-refractivity contribution in [2.45, 2.75) is 19.4 Å². The van der Waals surface area contributed by atoms with Crippen molar-refractivity contribution < 1.29 is 9.90 Å². The lowest BCUT2D eigenvalue weighted by Gasteiger charge is -2.16. The van der Waals surface area contributed by atoms with Crippen LogP contribution in [0.1, 0.15) is 22.8 Å². The second-order valence-electron chi connectivity index (χ2n) is 4.23. The quantitative estimate of drug-likeness (QED) is 0.866. The van der Waals surface area contributed by atoms with Crippen molar-refractivity contribution in [3.05, 3.63) is 52.2 Å². The number of rotatable bonds is 5. The van der Waals surface area contributed by atoms with Crippen molar-refractivity contribution in [3.63, 3.8) is 0 Å². The Hall–Kier alpha value is -1.81. The molecule has 1 aromatic carbocycles. The van der Waals surface area contributed by atoms with E-state index in [1.54, 1.807) is 29.5 Å². The first-order valence-electron chi connectivity index (χ1n) is 5.76. The lowest BCUT2D eigenvalue weighted by Crippen LogP contribution is -2.19. The van der Waals surface area contributed by atoms with Gasteiger partial charge in [-0.05, 0) is 47.9 Å². The number of carboxylic acids is 1. The maximum atomic E-state index is 11.1. The average molecular weight is 261 g/mol. The van der Waals surface area contributed by atoms with Crippen molar-refractivity contribution in [2.75, 3.05) is 5.32 Å². The zero-order chi connectivity index (χ0) is 13.0. The molecule has 1 unspecified atom stereocenters. The smallest absolute Gasteiger partial charge is 0.337 e. The van der Waals surface area contributed by atoms with Gasteiger partial charge in [-0.2, -0.15) is 11.3 Å². The third kappa shape index (κ3) is 3.11. The van der Waals surface area contributed by atoms with Crippen LogP contribution in [-0.4, -0.2) is 17.1 Å². The van der Waals surface area contributed by atoms with Crippen LogP contribution in [0.15, 0.2) is 41.1 Å². The van der Waals surface area contributed by atoms with Gasteiger partial charge in [-0.25, -0.2) is 4.79 Å². The van der Waals surface area contributed by atoms with Crippen molar-refractivity contribution in [2.24, 2.45) is 0 Å². The molecule has 2 rings (SSSR count). The van der Waals surface area contributed by atoms with E-state index in [1.165, 1.54) is 5.56 Å². The highest BCUT2D eigenvalue weighted by Crippen LogP contribution is 2.17. The molecular formula is C14H15NO2S. The number of nitrogens with one attached hydrogen (secondary N) is 1. The SMILES string of the molecule is CC(Cc1ccsc1)Nc1ccccc1C(=O)O. The van der Waals surface area contributed by atoms with E-state index >= 15 is 0 Å². The van der Waals surface area contributed by atoms with Crippen LogP contribution in [0, 0.1) is 0 Å². The standard InChI is InChI=1S/C14H15NO2S/c1-10(8-11-6-7-18-9-11)15-13-5-3-2-4-12(13)14(16)17/h2-7,9-10,15H,8H2,1H3,(H,16,17). The Kier molecular flexibility index (Phi) is 3.99. The molecule has 1 heterocycles. The number of hydrogen-bond acceptors (Lipinski definition) is 3. The van der Waals surface area contributed by atoms with Gasteiger partial charge in [0.25, 0.3) is 0 Å². The number of benzene rings is 1. The van der Waals surface area contributed by atoms with Crippen LogP contribution < -0.4 is 5.32 Å². The lowest BCUT2D eigenvalue weighted by atomic mass is 10.1. The van der Waals surface area contributed by atoms with Gasteiger partial charge in [0, 0.05) is 11.7 Å². The summed E-state index contributed by atoms with van der Waals surface area (Å²) in [6.45, 7) is 2.05. The Labute approximate surface area is 110 Å². The third-order valence-electron chi connectivity index (χ3n) is 2.68. The van der Waals surface area contributed by atoms with Crippen LogP contribution in [-0.2, 0) is 6.42 Å². The monoisotopic (exact) mass is 261 g/mol. The van der Waals surface area contributed by atoms with Crippen LogP contribution in [0.4, 0.5) is 5.69 Å². The molecule has 0 spiro atoms. The van der Waals surface area contributed by atoms with Crippen molar-refractivity contribution in [1.82, 2.24) is 0 Å². The first-order valence-corrected chi connectivity index (χ1v) is 6.71. The largest absolute Gasteiger partial charge is 0.478 e. The highest BCUT2D eigenvalue weighted by molar-refractivity contribution is 7.07. The molecular weight excluding hydrogens is 246 g/mol. The number of hydrogen-bond donors (Lipinski definition) is 2. The summed E-state index contributed by atoms with van der Waals surface area (Å²) in [4.78, 5) is 11.1. The number of carboxylic acid groups (broad SMARTS) is 1. The fraction of sp³-hybridized carbons (Fsp3) is 0.214. The van der Waals surface area contributed by atoms with Crippen LogP contribution in [0.3, 0.4) is 0 Å². The molecule has 1 atom stereocenters. The Morgan fingerprint density at radius 1 is 1.39 bits per heavy atom. The van der Waals surface area contributed by atoms with Gasteiger partial charge in [0.05, 0.1) is 5.56 Å². The summed E-state index contributed by atoms with van der Waals surface area (Å²) in [5.41, 5.74) is 2.26. The molecule has 0 saturated carbocycles. The minimum Gasteiger partial charge on any atom is -0.478 e. The molecule has 0 aliphatic heterocycles. The fourth-order valence-electron chi connectivity index (χ4n) is 1.87. The number of thiophene rings is 1. The summed E-state index contributed by atoms with van der Waals surface area (Å²) in [6, 6.07) is 9.27. The van der Waals surface area contributed by atoms with Gasteiger partial charge in [-0.1, -0.05) is 12.1 Å². The molecule has 94 valence electrons. The van der Waals surface area contributed by atoms with Crippen LogP contribution in [0.25, 0.3) is 0 Å². The van der Waals surface area contributed by atoms with E-state index < -0.39 is 5.97 Å². The van der Waals surface area contributed by atoms with E-state index in [-0.39, 0.29) is 6.04 Å². The van der Waals surface area contributed by atoms with E-state index in [1.807, 2.05) is 11.4 Å². The van der Waals surface area contributed by atoms with Crippen molar-refractivity contribution in [3.8, 4) is 0 Å². The summed E-state index contributed by atoms with van der Waals surface area (Å²) < 4.78 is 0. The maximum absolute atomic E-state index is 11.1. The first-order chi connectivity index (χ1) is 8.66. The molecule has 0 bridgehead atoms. The molecule has 0 radical (unpaired) electrons. The van der Waals surface area contributed by atoms with E-state index in [4.69, 9.17) is 5.11 Å². The van der Waals surface area contributed by atoms with Gasteiger partial charge >= 0.3 is 5.97 Å². The molecule has 0 aliphatic rings. The Morgan fingerprint density at radius 2 is 2.17 bits per heavy atom. The van der Waals surface area contributed by atoms with Gasteiger partial charge in [-0.3, -0.25) is 0 Å². The number of anilines is 1. The molecule has 0 aliphatic carbocycles. The highest BCUT2D eigenvalue weighted by Gasteiger charge is 2.11.